The number of rotatable bonds is 0. The van der Waals surface area contributed by atoms with Crippen molar-refractivity contribution in [2.75, 3.05) is 0 Å². The van der Waals surface area contributed by atoms with E-state index in [1.807, 2.05) is 0 Å². The third-order valence-electron chi connectivity index (χ3n) is 0.933. The van der Waals surface area contributed by atoms with Gasteiger partial charge in [0.25, 0.3) is 0 Å². The third-order valence-corrected chi connectivity index (χ3v) is 0.933. The first-order valence-electron chi connectivity index (χ1n) is 2.39. The molecule has 0 aliphatic carbocycles. The smallest absolute Gasteiger partial charge is 0 e. The van der Waals surface area contributed by atoms with Gasteiger partial charge in [0.05, 0.1) is 0 Å². The van der Waals surface area contributed by atoms with E-state index in [9.17, 15) is 0 Å². The number of piperidine rings is 1. The molecular formula is C5H9NY-2. The Morgan fingerprint density at radius 1 is 1.14 bits per heavy atom. The van der Waals surface area contributed by atoms with Gasteiger partial charge >= 0.3 is 0 Å². The topological polar surface area (TPSA) is 12.0 Å². The first-order chi connectivity index (χ1) is 3.00. The molecule has 2 heteroatoms. The molecule has 1 N–H and O–H groups in total. The summed E-state index contributed by atoms with van der Waals surface area (Å²) < 4.78 is 0. The maximum absolute atomic E-state index is 3.03. The van der Waals surface area contributed by atoms with Gasteiger partial charge in [0.2, 0.25) is 0 Å². The molecule has 1 aliphatic heterocycles. The van der Waals surface area contributed by atoms with Gasteiger partial charge in [-0.2, -0.15) is 12.8 Å². The molecule has 0 bridgehead atoms. The van der Waals surface area contributed by atoms with E-state index in [1.54, 1.807) is 0 Å². The van der Waals surface area contributed by atoms with Crippen LogP contribution in [-0.4, -0.2) is 0 Å². The normalized spacial score (nSPS) is 20.6. The molecule has 1 heterocycles. The summed E-state index contributed by atoms with van der Waals surface area (Å²) in [6.07, 6.45) is 3.79. The summed E-state index contributed by atoms with van der Waals surface area (Å²) >= 11 is 0. The van der Waals surface area contributed by atoms with Crippen molar-refractivity contribution < 1.29 is 32.7 Å². The number of nitrogens with one attached hydrogen (secondary N) is 1. The Labute approximate surface area is 70.1 Å². The molecule has 1 aliphatic rings. The Kier molecular flexibility index (Phi) is 6.00. The zero-order valence-corrected chi connectivity index (χ0v) is 7.19. The molecule has 1 fully saturated rings. The van der Waals surface area contributed by atoms with Crippen LogP contribution in [0.5, 0.6) is 0 Å². The molecule has 1 rings (SSSR count). The maximum Gasteiger partial charge on any atom is 0 e. The molecule has 7 heavy (non-hydrogen) atoms. The summed E-state index contributed by atoms with van der Waals surface area (Å²) in [5, 5.41) is 3.03. The molecule has 0 aromatic carbocycles. The maximum atomic E-state index is 3.03. The van der Waals surface area contributed by atoms with Crippen LogP contribution in [0.3, 0.4) is 0 Å². The predicted molar refractivity (Wildman–Crippen MR) is 25.6 cm³/mol. The fraction of sp³-hybridized carbons (Fsp3) is 0.600. The Morgan fingerprint density at radius 3 is 1.86 bits per heavy atom. The molecule has 0 unspecified atom stereocenters. The van der Waals surface area contributed by atoms with Gasteiger partial charge < -0.3 is 18.4 Å². The SMILES string of the molecule is [CH-]1CCC[CH-]N1.[Y]. The van der Waals surface area contributed by atoms with Crippen molar-refractivity contribution in [3.63, 3.8) is 0 Å². The van der Waals surface area contributed by atoms with Crippen molar-refractivity contribution in [3.8, 4) is 0 Å². The molecule has 39 valence electrons. The van der Waals surface area contributed by atoms with Crippen LogP contribution in [0.4, 0.5) is 0 Å². The van der Waals surface area contributed by atoms with Gasteiger partial charge in [0.1, 0.15) is 0 Å². The average Bonchev–Trinajstić information content (AvgIpc) is 1.72. The Hall–Kier alpha value is 1.06. The number of hydrogen-bond donors (Lipinski definition) is 1. The minimum atomic E-state index is 0. The minimum absolute atomic E-state index is 0. The van der Waals surface area contributed by atoms with Gasteiger partial charge in [0, 0.05) is 32.7 Å². The molecule has 0 spiro atoms. The summed E-state index contributed by atoms with van der Waals surface area (Å²) in [6, 6.07) is 0. The van der Waals surface area contributed by atoms with Gasteiger partial charge in [-0.15, -0.1) is 6.42 Å². The average molecular weight is 172 g/mol. The van der Waals surface area contributed by atoms with Crippen molar-refractivity contribution in [1.82, 2.24) is 5.32 Å². The van der Waals surface area contributed by atoms with Gasteiger partial charge in [-0.25, -0.2) is 0 Å². The zero-order valence-electron chi connectivity index (χ0n) is 4.35. The molecule has 1 saturated heterocycles. The van der Waals surface area contributed by atoms with E-state index in [4.69, 9.17) is 0 Å². The molecule has 0 atom stereocenters. The fourth-order valence-corrected chi connectivity index (χ4v) is 0.572. The molecule has 0 saturated carbocycles. The largest absolute Gasteiger partial charge is 0.619 e. The Bertz CT molecular complexity index is 23.6. The van der Waals surface area contributed by atoms with Crippen LogP contribution in [0.1, 0.15) is 19.3 Å². The van der Waals surface area contributed by atoms with E-state index >= 15 is 0 Å². The van der Waals surface area contributed by atoms with E-state index in [0.29, 0.717) is 0 Å². The fourth-order valence-electron chi connectivity index (χ4n) is 0.572. The summed E-state index contributed by atoms with van der Waals surface area (Å²) in [4.78, 5) is 0. The Morgan fingerprint density at radius 2 is 1.71 bits per heavy atom. The van der Waals surface area contributed by atoms with Crippen molar-refractivity contribution >= 4 is 0 Å². The van der Waals surface area contributed by atoms with Crippen molar-refractivity contribution in [3.05, 3.63) is 13.1 Å². The molecule has 0 aromatic heterocycles. The van der Waals surface area contributed by atoms with E-state index in [0.717, 1.165) is 0 Å². The second kappa shape index (κ2) is 5.21. The van der Waals surface area contributed by atoms with Crippen molar-refractivity contribution in [2.45, 2.75) is 19.3 Å². The van der Waals surface area contributed by atoms with E-state index < -0.39 is 0 Å². The molecule has 1 radical (unpaired) electrons. The summed E-state index contributed by atoms with van der Waals surface area (Å²) in [6.45, 7) is 4.17. The minimum Gasteiger partial charge on any atom is -0.619 e. The number of hydrogen-bond acceptors (Lipinski definition) is 1. The van der Waals surface area contributed by atoms with Gasteiger partial charge in [-0.05, 0) is 0 Å². The summed E-state index contributed by atoms with van der Waals surface area (Å²) in [7, 11) is 0. The van der Waals surface area contributed by atoms with Crippen LogP contribution in [-0.2, 0) is 32.7 Å². The molecule has 1 nitrogen and oxygen atoms in total. The Balaban J connectivity index is 0.000000360. The van der Waals surface area contributed by atoms with E-state index in [2.05, 4.69) is 18.4 Å². The van der Waals surface area contributed by atoms with Crippen LogP contribution in [0.2, 0.25) is 0 Å². The molecular weight excluding hydrogens is 163 g/mol. The standard InChI is InChI=1S/C5H9N.Y/c1-2-4-6-5-3-1;/h4-6H,1-3H2;/q-2;. The molecule has 0 aromatic rings. The summed E-state index contributed by atoms with van der Waals surface area (Å²) in [5.74, 6) is 0. The van der Waals surface area contributed by atoms with Crippen LogP contribution >= 0.6 is 0 Å². The molecule has 0 amide bonds. The first-order valence-corrected chi connectivity index (χ1v) is 2.39. The van der Waals surface area contributed by atoms with Crippen LogP contribution in [0.25, 0.3) is 0 Å². The predicted octanol–water partition coefficient (Wildman–Crippen LogP) is 1.08. The van der Waals surface area contributed by atoms with Crippen LogP contribution in [0.15, 0.2) is 0 Å². The van der Waals surface area contributed by atoms with Crippen molar-refractivity contribution in [1.29, 1.82) is 0 Å². The van der Waals surface area contributed by atoms with Gasteiger partial charge in [-0.1, -0.05) is 0 Å². The second-order valence-electron chi connectivity index (χ2n) is 1.51. The van der Waals surface area contributed by atoms with E-state index in [1.165, 1.54) is 19.3 Å². The first kappa shape index (κ1) is 8.06. The summed E-state index contributed by atoms with van der Waals surface area (Å²) in [5.41, 5.74) is 0. The van der Waals surface area contributed by atoms with Gasteiger partial charge in [0.15, 0.2) is 0 Å². The van der Waals surface area contributed by atoms with Crippen LogP contribution < -0.4 is 5.32 Å². The van der Waals surface area contributed by atoms with Crippen molar-refractivity contribution in [2.24, 2.45) is 0 Å². The quantitative estimate of drug-likeness (QED) is 0.539. The second-order valence-corrected chi connectivity index (χ2v) is 1.51. The zero-order chi connectivity index (χ0) is 4.24. The monoisotopic (exact) mass is 172 g/mol. The van der Waals surface area contributed by atoms with E-state index in [-0.39, 0.29) is 32.7 Å². The van der Waals surface area contributed by atoms with Gasteiger partial charge in [-0.3, -0.25) is 0 Å². The van der Waals surface area contributed by atoms with Crippen LogP contribution in [0, 0.1) is 13.1 Å². The third kappa shape index (κ3) is 3.63.